The van der Waals surface area contributed by atoms with E-state index >= 15 is 0 Å². The van der Waals surface area contributed by atoms with Crippen LogP contribution in [0.5, 0.6) is 0 Å². The Balaban J connectivity index is 1.91. The first kappa shape index (κ1) is 18.2. The molecule has 0 aromatic heterocycles. The number of nitrogens with zero attached hydrogens (tertiary/aromatic N) is 1. The van der Waals surface area contributed by atoms with Crippen LogP contribution in [-0.2, 0) is 16.4 Å². The second kappa shape index (κ2) is 6.95. The Hall–Kier alpha value is -2.61. The number of hydrogen-bond donors (Lipinski definition) is 2. The topological polar surface area (TPSA) is 78.5 Å². The summed E-state index contributed by atoms with van der Waals surface area (Å²) in [4.78, 5) is 13.6. The lowest BCUT2D eigenvalue weighted by Gasteiger charge is -2.18. The Labute approximate surface area is 152 Å². The molecule has 26 heavy (non-hydrogen) atoms. The number of amides is 2. The van der Waals surface area contributed by atoms with Crippen LogP contribution < -0.4 is 14.9 Å². The molecule has 1 heterocycles. The summed E-state index contributed by atoms with van der Waals surface area (Å²) in [7, 11) is -3.94. The van der Waals surface area contributed by atoms with E-state index < -0.39 is 15.8 Å². The van der Waals surface area contributed by atoms with Crippen molar-refractivity contribution in [1.82, 2.24) is 5.32 Å². The number of rotatable bonds is 4. The average molecular weight is 377 g/mol. The molecule has 0 fully saturated rings. The fraction of sp³-hybridized carbons (Fsp3) is 0.278. The number of carbonyl (C=O) groups excluding carboxylic acids is 1. The highest BCUT2D eigenvalue weighted by Gasteiger charge is 2.25. The van der Waals surface area contributed by atoms with Crippen molar-refractivity contribution < 1.29 is 17.6 Å². The van der Waals surface area contributed by atoms with Crippen molar-refractivity contribution in [2.24, 2.45) is 0 Å². The monoisotopic (exact) mass is 377 g/mol. The molecule has 3 rings (SSSR count). The van der Waals surface area contributed by atoms with Gasteiger partial charge in [0, 0.05) is 13.1 Å². The molecule has 0 saturated heterocycles. The number of hydrogen-bond acceptors (Lipinski definition) is 3. The third kappa shape index (κ3) is 3.50. The summed E-state index contributed by atoms with van der Waals surface area (Å²) >= 11 is 0. The van der Waals surface area contributed by atoms with Crippen LogP contribution in [0, 0.1) is 12.7 Å². The van der Waals surface area contributed by atoms with Gasteiger partial charge in [0.25, 0.3) is 10.0 Å². The van der Waals surface area contributed by atoms with E-state index in [-0.39, 0.29) is 10.9 Å². The van der Waals surface area contributed by atoms with E-state index in [4.69, 9.17) is 0 Å². The molecule has 2 N–H and O–H groups in total. The fourth-order valence-electron chi connectivity index (χ4n) is 2.97. The Morgan fingerprint density at radius 1 is 1.23 bits per heavy atom. The number of sulfonamides is 1. The molecule has 6 nitrogen and oxygen atoms in total. The molecule has 0 aliphatic carbocycles. The first-order valence-corrected chi connectivity index (χ1v) is 9.77. The number of anilines is 2. The molecule has 2 amide bonds. The maximum Gasteiger partial charge on any atom is 0.321 e. The molecular weight excluding hydrogens is 357 g/mol. The lowest BCUT2D eigenvalue weighted by molar-refractivity contribution is 0.247. The quantitative estimate of drug-likeness (QED) is 0.860. The van der Waals surface area contributed by atoms with Crippen LogP contribution in [0.25, 0.3) is 0 Å². The molecule has 1 aliphatic rings. The van der Waals surface area contributed by atoms with Crippen molar-refractivity contribution >= 4 is 27.4 Å². The van der Waals surface area contributed by atoms with Gasteiger partial charge in [-0.15, -0.1) is 0 Å². The van der Waals surface area contributed by atoms with Crippen LogP contribution >= 0.6 is 0 Å². The van der Waals surface area contributed by atoms with Crippen LogP contribution in [0.15, 0.2) is 41.3 Å². The van der Waals surface area contributed by atoms with E-state index in [9.17, 15) is 17.6 Å². The van der Waals surface area contributed by atoms with Gasteiger partial charge in [-0.3, -0.25) is 9.62 Å². The van der Waals surface area contributed by atoms with E-state index in [0.29, 0.717) is 36.4 Å². The Kier molecular flexibility index (Phi) is 4.86. The summed E-state index contributed by atoms with van der Waals surface area (Å²) < 4.78 is 41.2. The number of fused-ring (bicyclic) bond motifs is 1. The second-order valence-corrected chi connectivity index (χ2v) is 7.75. The highest BCUT2D eigenvalue weighted by atomic mass is 32.2. The largest absolute Gasteiger partial charge is 0.338 e. The molecule has 0 bridgehead atoms. The Morgan fingerprint density at radius 2 is 2.00 bits per heavy atom. The SMILES string of the molecule is CCNC(=O)N1CCc2ccc(NS(=O)(=O)c3cc(F)ccc3C)cc21. The minimum atomic E-state index is -3.94. The summed E-state index contributed by atoms with van der Waals surface area (Å²) in [6.45, 7) is 4.49. The summed E-state index contributed by atoms with van der Waals surface area (Å²) in [5, 5.41) is 2.74. The number of aryl methyl sites for hydroxylation is 1. The summed E-state index contributed by atoms with van der Waals surface area (Å²) in [5.41, 5.74) is 2.42. The van der Waals surface area contributed by atoms with Gasteiger partial charge < -0.3 is 5.32 Å². The summed E-state index contributed by atoms with van der Waals surface area (Å²) in [6.07, 6.45) is 0.711. The molecule has 0 saturated carbocycles. The highest BCUT2D eigenvalue weighted by molar-refractivity contribution is 7.92. The zero-order valence-electron chi connectivity index (χ0n) is 14.5. The molecule has 8 heteroatoms. The molecule has 1 aliphatic heterocycles. The third-order valence-electron chi connectivity index (χ3n) is 4.25. The summed E-state index contributed by atoms with van der Waals surface area (Å²) in [6, 6.07) is 8.48. The number of nitrogens with one attached hydrogen (secondary N) is 2. The fourth-order valence-corrected chi connectivity index (χ4v) is 4.28. The molecule has 0 radical (unpaired) electrons. The van der Waals surface area contributed by atoms with Gasteiger partial charge in [0.05, 0.1) is 16.3 Å². The predicted octanol–water partition coefficient (Wildman–Crippen LogP) is 3.03. The molecular formula is C18H20FN3O3S. The molecule has 0 spiro atoms. The lowest BCUT2D eigenvalue weighted by atomic mass is 10.1. The van der Waals surface area contributed by atoms with Gasteiger partial charge in [0.15, 0.2) is 0 Å². The van der Waals surface area contributed by atoms with E-state index in [2.05, 4.69) is 10.0 Å². The lowest BCUT2D eigenvalue weighted by Crippen LogP contribution is -2.38. The van der Waals surface area contributed by atoms with Crippen molar-refractivity contribution in [3.8, 4) is 0 Å². The van der Waals surface area contributed by atoms with Crippen LogP contribution in [0.4, 0.5) is 20.6 Å². The van der Waals surface area contributed by atoms with Gasteiger partial charge >= 0.3 is 6.03 Å². The normalized spacial score (nSPS) is 13.4. The number of carbonyl (C=O) groups is 1. The predicted molar refractivity (Wildman–Crippen MR) is 98.5 cm³/mol. The van der Waals surface area contributed by atoms with Crippen LogP contribution in [0.1, 0.15) is 18.1 Å². The second-order valence-electron chi connectivity index (χ2n) is 6.10. The number of urea groups is 1. The molecule has 2 aromatic carbocycles. The van der Waals surface area contributed by atoms with E-state index in [1.807, 2.05) is 6.92 Å². The van der Waals surface area contributed by atoms with Crippen LogP contribution in [0.3, 0.4) is 0 Å². The van der Waals surface area contributed by atoms with Crippen molar-refractivity contribution in [1.29, 1.82) is 0 Å². The van der Waals surface area contributed by atoms with Gasteiger partial charge in [0.2, 0.25) is 0 Å². The van der Waals surface area contributed by atoms with Gasteiger partial charge in [-0.1, -0.05) is 12.1 Å². The van der Waals surface area contributed by atoms with Crippen molar-refractivity contribution in [3.05, 3.63) is 53.3 Å². The first-order chi connectivity index (χ1) is 12.3. The van der Waals surface area contributed by atoms with E-state index in [1.54, 1.807) is 30.0 Å². The first-order valence-electron chi connectivity index (χ1n) is 8.29. The zero-order valence-corrected chi connectivity index (χ0v) is 15.4. The molecule has 138 valence electrons. The summed E-state index contributed by atoms with van der Waals surface area (Å²) in [5.74, 6) is -0.618. The highest BCUT2D eigenvalue weighted by Crippen LogP contribution is 2.32. The van der Waals surface area contributed by atoms with Crippen LogP contribution in [0.2, 0.25) is 0 Å². The number of halogens is 1. The standard InChI is InChI=1S/C18H20FN3O3S/c1-3-20-18(23)22-9-8-13-5-7-15(11-16(13)22)21-26(24,25)17-10-14(19)6-4-12(17)2/h4-7,10-11,21H,3,8-9H2,1-2H3,(H,20,23). The van der Waals surface area contributed by atoms with Crippen molar-refractivity contribution in [3.63, 3.8) is 0 Å². The molecule has 0 atom stereocenters. The number of benzene rings is 2. The van der Waals surface area contributed by atoms with Crippen LogP contribution in [-0.4, -0.2) is 27.5 Å². The maximum absolute atomic E-state index is 13.5. The Bertz CT molecular complexity index is 960. The average Bonchev–Trinajstić information content (AvgIpc) is 3.00. The third-order valence-corrected chi connectivity index (χ3v) is 5.77. The van der Waals surface area contributed by atoms with Gasteiger partial charge in [-0.05, 0) is 55.7 Å². The Morgan fingerprint density at radius 3 is 2.73 bits per heavy atom. The van der Waals surface area contributed by atoms with Gasteiger partial charge in [0.1, 0.15) is 5.82 Å². The smallest absolute Gasteiger partial charge is 0.321 e. The maximum atomic E-state index is 13.5. The zero-order chi connectivity index (χ0) is 18.9. The van der Waals surface area contributed by atoms with Gasteiger partial charge in [-0.25, -0.2) is 17.6 Å². The minimum Gasteiger partial charge on any atom is -0.338 e. The van der Waals surface area contributed by atoms with Crippen molar-refractivity contribution in [2.75, 3.05) is 22.7 Å². The molecule has 0 unspecified atom stereocenters. The van der Waals surface area contributed by atoms with Crippen molar-refractivity contribution in [2.45, 2.75) is 25.2 Å². The van der Waals surface area contributed by atoms with E-state index in [1.165, 1.54) is 12.1 Å². The van der Waals surface area contributed by atoms with E-state index in [0.717, 1.165) is 11.6 Å². The van der Waals surface area contributed by atoms with Gasteiger partial charge in [-0.2, -0.15) is 0 Å². The molecule has 2 aromatic rings. The minimum absolute atomic E-state index is 0.112.